The van der Waals surface area contributed by atoms with Gasteiger partial charge in [-0.15, -0.1) is 0 Å². The van der Waals surface area contributed by atoms with Crippen molar-refractivity contribution in [1.82, 2.24) is 15.5 Å². The molecule has 0 aromatic heterocycles. The molecule has 1 saturated heterocycles. The molecule has 8 heteroatoms. The number of hydrogen-bond donors (Lipinski definition) is 3. The van der Waals surface area contributed by atoms with Crippen molar-refractivity contribution < 1.29 is 19.0 Å². The van der Waals surface area contributed by atoms with E-state index in [1.54, 1.807) is 0 Å². The van der Waals surface area contributed by atoms with Crippen LogP contribution in [0.5, 0.6) is 0 Å². The van der Waals surface area contributed by atoms with E-state index in [0.717, 1.165) is 31.5 Å². The van der Waals surface area contributed by atoms with Crippen LogP contribution >= 0.6 is 8.03 Å². The van der Waals surface area contributed by atoms with E-state index in [4.69, 9.17) is 9.63 Å². The van der Waals surface area contributed by atoms with Crippen molar-refractivity contribution >= 4 is 14.1 Å². The Kier molecular flexibility index (Phi) is 8.41. The molecule has 2 unspecified atom stereocenters. The molecular weight excluding hydrogens is 341 g/mol. The smallest absolute Gasteiger partial charge is 0.408 e. The molecule has 2 atom stereocenters. The normalized spacial score (nSPS) is 18.5. The van der Waals surface area contributed by atoms with Crippen molar-refractivity contribution in [3.8, 4) is 0 Å². The van der Waals surface area contributed by atoms with Crippen molar-refractivity contribution in [3.63, 3.8) is 0 Å². The summed E-state index contributed by atoms with van der Waals surface area (Å²) in [6, 6.07) is 9.89. The molecule has 2 rings (SSSR count). The minimum atomic E-state index is -2.37. The lowest BCUT2D eigenvalue weighted by Gasteiger charge is -2.33. The van der Waals surface area contributed by atoms with Gasteiger partial charge < -0.3 is 19.8 Å². The number of nitrogens with one attached hydrogen (secondary N) is 2. The van der Waals surface area contributed by atoms with Gasteiger partial charge >= 0.3 is 6.09 Å². The molecule has 3 N–H and O–H groups in total. The van der Waals surface area contributed by atoms with E-state index in [0.29, 0.717) is 18.7 Å². The molecule has 0 spiro atoms. The maximum atomic E-state index is 11.8. The quantitative estimate of drug-likeness (QED) is 0.478. The molecule has 0 aliphatic carbocycles. The molecule has 1 heterocycles. The predicted octanol–water partition coefficient (Wildman–Crippen LogP) is 1.78. The number of likely N-dealkylation sites (tertiary alicyclic amines) is 1. The molecule has 0 saturated carbocycles. The summed E-state index contributed by atoms with van der Waals surface area (Å²) in [4.78, 5) is 23.0. The zero-order valence-electron chi connectivity index (χ0n) is 14.6. The zero-order valence-corrected chi connectivity index (χ0v) is 15.6. The van der Waals surface area contributed by atoms with Crippen molar-refractivity contribution in [2.75, 3.05) is 25.8 Å². The van der Waals surface area contributed by atoms with E-state index in [9.17, 15) is 9.36 Å². The monoisotopic (exact) mass is 369 g/mol. The largest absolute Gasteiger partial charge is 0.445 e. The first-order valence-corrected chi connectivity index (χ1v) is 10.3. The third kappa shape index (κ3) is 8.01. The lowest BCUT2D eigenvalue weighted by molar-refractivity contribution is 0.131. The van der Waals surface area contributed by atoms with Gasteiger partial charge in [0.25, 0.3) is 0 Å². The lowest BCUT2D eigenvalue weighted by atomic mass is 10.1. The minimum absolute atomic E-state index is 0.172. The molecule has 0 bridgehead atoms. The summed E-state index contributed by atoms with van der Waals surface area (Å²) in [6.45, 7) is 4.64. The highest BCUT2D eigenvalue weighted by atomic mass is 31.1. The van der Waals surface area contributed by atoms with Crippen LogP contribution in [0.15, 0.2) is 30.3 Å². The summed E-state index contributed by atoms with van der Waals surface area (Å²) in [6.07, 6.45) is 1.67. The Labute approximate surface area is 149 Å². The highest BCUT2D eigenvalue weighted by Gasteiger charge is 2.21. The van der Waals surface area contributed by atoms with E-state index in [2.05, 4.69) is 15.5 Å². The summed E-state index contributed by atoms with van der Waals surface area (Å²) < 4.78 is 16.0. The second kappa shape index (κ2) is 10.6. The maximum Gasteiger partial charge on any atom is 0.408 e. The molecule has 7 nitrogen and oxygen atoms in total. The van der Waals surface area contributed by atoms with Crippen molar-refractivity contribution in [2.24, 2.45) is 0 Å². The maximum absolute atomic E-state index is 11.8. The van der Waals surface area contributed by atoms with Gasteiger partial charge in [0.05, 0.1) is 6.17 Å². The number of benzene rings is 1. The number of amides is 1. The third-order valence-corrected chi connectivity index (χ3v) is 4.91. The fourth-order valence-corrected chi connectivity index (χ4v) is 3.42. The fourth-order valence-electron chi connectivity index (χ4n) is 2.91. The standard InChI is InChI=1S/C17H28N3O4P/c1-14(19-17(21)24-13-15-5-3-2-4-6-15)18-16-7-9-20(10-8-16)11-12-25(22)23/h2-6,14,16,18,25H,7-13H2,1H3,(H,19,21)(H,22,23). The molecular formula is C17H28N3O4P. The number of piperidine rings is 1. The van der Waals surface area contributed by atoms with Crippen molar-refractivity contribution in [1.29, 1.82) is 0 Å². The average Bonchev–Trinajstić information content (AvgIpc) is 2.60. The molecule has 25 heavy (non-hydrogen) atoms. The van der Waals surface area contributed by atoms with E-state index < -0.39 is 14.1 Å². The van der Waals surface area contributed by atoms with Crippen LogP contribution in [0.3, 0.4) is 0 Å². The van der Waals surface area contributed by atoms with E-state index in [1.165, 1.54) is 0 Å². The molecule has 140 valence electrons. The predicted molar refractivity (Wildman–Crippen MR) is 97.9 cm³/mol. The first kappa shape index (κ1) is 19.9. The number of alkyl carbamates (subject to hydrolysis) is 1. The van der Waals surface area contributed by atoms with Gasteiger partial charge in [0, 0.05) is 18.7 Å². The van der Waals surface area contributed by atoms with Gasteiger partial charge in [0.1, 0.15) is 6.61 Å². The topological polar surface area (TPSA) is 90.9 Å². The number of rotatable bonds is 8. The highest BCUT2D eigenvalue weighted by Crippen LogP contribution is 2.15. The summed E-state index contributed by atoms with van der Waals surface area (Å²) in [5.74, 6) is 0. The Hall–Kier alpha value is -1.40. The van der Waals surface area contributed by atoms with Crippen LogP contribution < -0.4 is 10.6 Å². The zero-order chi connectivity index (χ0) is 18.1. The SMILES string of the molecule is CC(NC(=O)OCc1ccccc1)NC1CCN(CC[PH](=O)O)CC1. The highest BCUT2D eigenvalue weighted by molar-refractivity contribution is 7.38. The first-order valence-electron chi connectivity index (χ1n) is 8.70. The van der Waals surface area contributed by atoms with Crippen LogP contribution in [-0.4, -0.2) is 53.9 Å². The number of hydrogen-bond acceptors (Lipinski definition) is 5. The van der Waals surface area contributed by atoms with Crippen LogP contribution in [0.25, 0.3) is 0 Å². The Morgan fingerprint density at radius 2 is 2.04 bits per heavy atom. The van der Waals surface area contributed by atoms with Gasteiger partial charge in [0.2, 0.25) is 0 Å². The summed E-state index contributed by atoms with van der Waals surface area (Å²) >= 11 is 0. The van der Waals surface area contributed by atoms with Gasteiger partial charge in [-0.05, 0) is 38.4 Å². The fraction of sp³-hybridized carbons (Fsp3) is 0.588. The van der Waals surface area contributed by atoms with Crippen LogP contribution in [0, 0.1) is 0 Å². The lowest BCUT2D eigenvalue weighted by Crippen LogP contribution is -2.51. The molecule has 1 amide bonds. The summed E-state index contributed by atoms with van der Waals surface area (Å²) in [7, 11) is -2.37. The van der Waals surface area contributed by atoms with E-state index >= 15 is 0 Å². The number of nitrogens with zero attached hydrogens (tertiary/aromatic N) is 1. The van der Waals surface area contributed by atoms with E-state index in [-0.39, 0.29) is 12.8 Å². The van der Waals surface area contributed by atoms with Gasteiger partial charge in [-0.2, -0.15) is 0 Å². The van der Waals surface area contributed by atoms with Gasteiger partial charge in [0.15, 0.2) is 8.03 Å². The molecule has 1 aromatic carbocycles. The van der Waals surface area contributed by atoms with Crippen molar-refractivity contribution in [3.05, 3.63) is 35.9 Å². The molecule has 1 aliphatic heterocycles. The second-order valence-electron chi connectivity index (χ2n) is 6.35. The number of ether oxygens (including phenoxy) is 1. The Balaban J connectivity index is 1.61. The van der Waals surface area contributed by atoms with Crippen molar-refractivity contribution in [2.45, 2.75) is 38.6 Å². The minimum Gasteiger partial charge on any atom is -0.445 e. The van der Waals surface area contributed by atoms with Gasteiger partial charge in [-0.25, -0.2) is 4.79 Å². The average molecular weight is 369 g/mol. The second-order valence-corrected chi connectivity index (χ2v) is 7.64. The van der Waals surface area contributed by atoms with Crippen LogP contribution in [-0.2, 0) is 15.9 Å². The number of carbonyl (C=O) groups excluding carboxylic acids is 1. The summed E-state index contributed by atoms with van der Waals surface area (Å²) in [5.41, 5.74) is 0.955. The number of carbonyl (C=O) groups is 1. The third-order valence-electron chi connectivity index (χ3n) is 4.26. The van der Waals surface area contributed by atoms with E-state index in [1.807, 2.05) is 37.3 Å². The Morgan fingerprint density at radius 3 is 2.68 bits per heavy atom. The molecule has 0 radical (unpaired) electrons. The Bertz CT molecular complexity index is 550. The molecule has 1 fully saturated rings. The van der Waals surface area contributed by atoms with Crippen LogP contribution in [0.2, 0.25) is 0 Å². The van der Waals surface area contributed by atoms with Crippen LogP contribution in [0.1, 0.15) is 25.3 Å². The summed E-state index contributed by atoms with van der Waals surface area (Å²) in [5, 5.41) is 6.18. The van der Waals surface area contributed by atoms with Crippen LogP contribution in [0.4, 0.5) is 4.79 Å². The molecule has 1 aliphatic rings. The Morgan fingerprint density at radius 1 is 1.36 bits per heavy atom. The first-order chi connectivity index (χ1) is 12.0. The molecule has 1 aromatic rings. The van der Waals surface area contributed by atoms with Gasteiger partial charge in [-0.1, -0.05) is 30.3 Å². The van der Waals surface area contributed by atoms with Gasteiger partial charge in [-0.3, -0.25) is 9.88 Å².